The molecule has 1 N–H and O–H groups in total. The summed E-state index contributed by atoms with van der Waals surface area (Å²) in [6, 6.07) is 10.3. The van der Waals surface area contributed by atoms with Crippen molar-refractivity contribution < 1.29 is 22.3 Å². The Hall–Kier alpha value is -2.32. The third-order valence-corrected chi connectivity index (χ3v) is 5.05. The monoisotopic (exact) mass is 384 g/mol. The second kappa shape index (κ2) is 6.53. The first-order valence-corrected chi connectivity index (χ1v) is 9.47. The predicted molar refractivity (Wildman–Crippen MR) is 93.1 cm³/mol. The summed E-state index contributed by atoms with van der Waals surface area (Å²) in [5, 5.41) is 2.41. The smallest absolute Gasteiger partial charge is 0.267 e. The van der Waals surface area contributed by atoms with Crippen LogP contribution < -0.4 is 14.4 Å². The van der Waals surface area contributed by atoms with Crippen LogP contribution in [0, 0.1) is 5.82 Å². The Labute approximate surface area is 149 Å². The fourth-order valence-electron chi connectivity index (χ4n) is 2.45. The van der Waals surface area contributed by atoms with Crippen molar-refractivity contribution in [3.8, 4) is 5.75 Å². The third kappa shape index (κ3) is 3.69. The minimum Gasteiger partial charge on any atom is -0.476 e. The van der Waals surface area contributed by atoms with Gasteiger partial charge in [0, 0.05) is 5.69 Å². The normalized spacial score (nSPS) is 16.8. The number of hydrogen-bond donors (Lipinski definition) is 1. The standard InChI is InChI=1S/C16H14ClFN2O4S/c1-25(22,23)20-9-15(24-14-5-3-2-4-13(14)20)16(21)19-10-6-7-12(18)11(17)8-10/h2-8,15H,9H2,1H3,(H,19,21). The molecule has 2 aromatic carbocycles. The van der Waals surface area contributed by atoms with E-state index in [1.165, 1.54) is 12.1 Å². The van der Waals surface area contributed by atoms with Crippen LogP contribution in [-0.2, 0) is 14.8 Å². The largest absolute Gasteiger partial charge is 0.476 e. The molecule has 0 saturated carbocycles. The van der Waals surface area contributed by atoms with E-state index in [4.69, 9.17) is 16.3 Å². The minimum absolute atomic E-state index is 0.134. The van der Waals surface area contributed by atoms with Gasteiger partial charge in [0.15, 0.2) is 6.10 Å². The lowest BCUT2D eigenvalue weighted by molar-refractivity contribution is -0.122. The van der Waals surface area contributed by atoms with E-state index in [0.29, 0.717) is 5.69 Å². The van der Waals surface area contributed by atoms with Crippen LogP contribution in [0.1, 0.15) is 0 Å². The molecule has 1 atom stereocenters. The number of nitrogens with one attached hydrogen (secondary N) is 1. The van der Waals surface area contributed by atoms with Crippen LogP contribution in [0.15, 0.2) is 42.5 Å². The second-order valence-corrected chi connectivity index (χ2v) is 7.80. The average Bonchev–Trinajstić information content (AvgIpc) is 2.56. The molecule has 0 spiro atoms. The van der Waals surface area contributed by atoms with Crippen molar-refractivity contribution in [1.82, 2.24) is 0 Å². The summed E-state index contributed by atoms with van der Waals surface area (Å²) in [4.78, 5) is 12.5. The van der Waals surface area contributed by atoms with Crippen molar-refractivity contribution in [2.45, 2.75) is 6.10 Å². The molecule has 0 radical (unpaired) electrons. The first kappa shape index (κ1) is 17.5. The Morgan fingerprint density at radius 3 is 2.72 bits per heavy atom. The van der Waals surface area contributed by atoms with Crippen LogP contribution in [0.25, 0.3) is 0 Å². The molecule has 6 nitrogen and oxygen atoms in total. The fourth-order valence-corrected chi connectivity index (χ4v) is 3.54. The number of halogens is 2. The highest BCUT2D eigenvalue weighted by atomic mass is 35.5. The minimum atomic E-state index is -3.59. The molecular formula is C16H14ClFN2O4S. The number of sulfonamides is 1. The molecule has 0 bridgehead atoms. The number of nitrogens with zero attached hydrogens (tertiary/aromatic N) is 1. The van der Waals surface area contributed by atoms with Crippen LogP contribution in [0.4, 0.5) is 15.8 Å². The molecule has 1 amide bonds. The van der Waals surface area contributed by atoms with Crippen LogP contribution in [0.3, 0.4) is 0 Å². The Bertz CT molecular complexity index is 935. The van der Waals surface area contributed by atoms with Gasteiger partial charge >= 0.3 is 0 Å². The molecular weight excluding hydrogens is 371 g/mol. The maximum absolute atomic E-state index is 13.2. The van der Waals surface area contributed by atoms with Crippen molar-refractivity contribution >= 4 is 38.9 Å². The van der Waals surface area contributed by atoms with Gasteiger partial charge in [0.05, 0.1) is 23.5 Å². The number of benzene rings is 2. The van der Waals surface area contributed by atoms with Gasteiger partial charge in [0.2, 0.25) is 10.0 Å². The van der Waals surface area contributed by atoms with Crippen molar-refractivity contribution in [3.63, 3.8) is 0 Å². The molecule has 9 heteroatoms. The van der Waals surface area contributed by atoms with Gasteiger partial charge in [-0.15, -0.1) is 0 Å². The summed E-state index contributed by atoms with van der Waals surface area (Å²) in [5.74, 6) is -0.881. The fraction of sp³-hybridized carbons (Fsp3) is 0.188. The van der Waals surface area contributed by atoms with Crippen LogP contribution in [-0.4, -0.2) is 33.2 Å². The molecule has 0 fully saturated rings. The van der Waals surface area contributed by atoms with E-state index in [9.17, 15) is 17.6 Å². The lowest BCUT2D eigenvalue weighted by Gasteiger charge is -2.33. The van der Waals surface area contributed by atoms with E-state index >= 15 is 0 Å². The summed E-state index contributed by atoms with van der Waals surface area (Å²) in [7, 11) is -3.59. The molecule has 1 heterocycles. The van der Waals surface area contributed by atoms with Crippen molar-refractivity contribution in [3.05, 3.63) is 53.3 Å². The van der Waals surface area contributed by atoms with E-state index in [1.807, 2.05) is 0 Å². The van der Waals surface area contributed by atoms with Gasteiger partial charge in [-0.2, -0.15) is 0 Å². The Balaban J connectivity index is 1.85. The van der Waals surface area contributed by atoms with Crippen molar-refractivity contribution in [1.29, 1.82) is 0 Å². The summed E-state index contributed by atoms with van der Waals surface area (Å²) < 4.78 is 44.0. The molecule has 1 aliphatic rings. The number of anilines is 2. The quantitative estimate of drug-likeness (QED) is 0.882. The summed E-state index contributed by atoms with van der Waals surface area (Å²) >= 11 is 5.69. The number of para-hydroxylation sites is 2. The molecule has 132 valence electrons. The summed E-state index contributed by atoms with van der Waals surface area (Å²) in [6.07, 6.45) is -0.00228. The third-order valence-electron chi connectivity index (χ3n) is 3.61. The Morgan fingerprint density at radius 2 is 2.04 bits per heavy atom. The van der Waals surface area contributed by atoms with Gasteiger partial charge in [-0.05, 0) is 30.3 Å². The van der Waals surface area contributed by atoms with Gasteiger partial charge < -0.3 is 10.1 Å². The highest BCUT2D eigenvalue weighted by molar-refractivity contribution is 7.92. The highest BCUT2D eigenvalue weighted by Crippen LogP contribution is 2.34. The number of rotatable bonds is 3. The van der Waals surface area contributed by atoms with E-state index in [2.05, 4.69) is 5.32 Å². The number of carbonyl (C=O) groups is 1. The number of ether oxygens (including phenoxy) is 1. The van der Waals surface area contributed by atoms with Gasteiger partial charge in [-0.3, -0.25) is 9.10 Å². The molecule has 0 aliphatic carbocycles. The van der Waals surface area contributed by atoms with Gasteiger partial charge in [0.25, 0.3) is 5.91 Å². The van der Waals surface area contributed by atoms with Crippen LogP contribution in [0.2, 0.25) is 5.02 Å². The molecule has 1 unspecified atom stereocenters. The molecule has 3 rings (SSSR count). The zero-order valence-corrected chi connectivity index (χ0v) is 14.6. The lowest BCUT2D eigenvalue weighted by Crippen LogP contribution is -2.48. The van der Waals surface area contributed by atoms with Crippen LogP contribution >= 0.6 is 11.6 Å². The van der Waals surface area contributed by atoms with Crippen LogP contribution in [0.5, 0.6) is 5.75 Å². The average molecular weight is 385 g/mol. The SMILES string of the molecule is CS(=O)(=O)N1CC(C(=O)Nc2ccc(F)c(Cl)c2)Oc2ccccc21. The first-order valence-electron chi connectivity index (χ1n) is 7.25. The van der Waals surface area contributed by atoms with E-state index in [1.54, 1.807) is 24.3 Å². The van der Waals surface area contributed by atoms with Gasteiger partial charge in [0.1, 0.15) is 11.6 Å². The topological polar surface area (TPSA) is 75.7 Å². The van der Waals surface area contributed by atoms with Gasteiger partial charge in [-0.25, -0.2) is 12.8 Å². The van der Waals surface area contributed by atoms with E-state index in [0.717, 1.165) is 16.6 Å². The molecule has 25 heavy (non-hydrogen) atoms. The van der Waals surface area contributed by atoms with Crippen molar-refractivity contribution in [2.75, 3.05) is 22.4 Å². The second-order valence-electron chi connectivity index (χ2n) is 5.49. The first-order chi connectivity index (χ1) is 11.8. The maximum Gasteiger partial charge on any atom is 0.267 e. The number of carbonyl (C=O) groups excluding carboxylic acids is 1. The zero-order chi connectivity index (χ0) is 18.2. The number of amides is 1. The number of fused-ring (bicyclic) bond motifs is 1. The Kier molecular flexibility index (Phi) is 4.57. The summed E-state index contributed by atoms with van der Waals surface area (Å²) in [6.45, 7) is -0.170. The van der Waals surface area contributed by atoms with Gasteiger partial charge in [-0.1, -0.05) is 23.7 Å². The lowest BCUT2D eigenvalue weighted by atomic mass is 10.2. The highest BCUT2D eigenvalue weighted by Gasteiger charge is 2.34. The molecule has 2 aromatic rings. The van der Waals surface area contributed by atoms with Crippen molar-refractivity contribution in [2.24, 2.45) is 0 Å². The Morgan fingerprint density at radius 1 is 1.32 bits per heavy atom. The van der Waals surface area contributed by atoms with E-state index < -0.39 is 27.9 Å². The molecule has 0 aromatic heterocycles. The predicted octanol–water partition coefficient (Wildman–Crippen LogP) is 2.64. The zero-order valence-electron chi connectivity index (χ0n) is 13.1. The molecule has 0 saturated heterocycles. The van der Waals surface area contributed by atoms with E-state index in [-0.39, 0.29) is 23.0 Å². The number of hydrogen-bond acceptors (Lipinski definition) is 4. The maximum atomic E-state index is 13.2. The summed E-state index contributed by atoms with van der Waals surface area (Å²) in [5.41, 5.74) is 0.656. The molecule has 1 aliphatic heterocycles.